The fourth-order valence-corrected chi connectivity index (χ4v) is 3.48. The van der Waals surface area contributed by atoms with Crippen molar-refractivity contribution >= 4 is 22.9 Å². The molecule has 2 heterocycles. The number of anilines is 1. The van der Waals surface area contributed by atoms with E-state index in [4.69, 9.17) is 14.2 Å². The lowest BCUT2D eigenvalue weighted by atomic mass is 10.1. The van der Waals surface area contributed by atoms with Gasteiger partial charge in [0.25, 0.3) is 5.91 Å². The second kappa shape index (κ2) is 9.27. The molecular weight excluding hydrogens is 378 g/mol. The Morgan fingerprint density at radius 3 is 2.75 bits per heavy atom. The van der Waals surface area contributed by atoms with Gasteiger partial charge in [0, 0.05) is 12.7 Å². The van der Waals surface area contributed by atoms with Gasteiger partial charge in [0.05, 0.1) is 32.7 Å². The molecule has 0 bridgehead atoms. The minimum atomic E-state index is -0.196. The van der Waals surface area contributed by atoms with Crippen molar-refractivity contribution in [2.45, 2.75) is 19.9 Å². The Morgan fingerprint density at radius 2 is 2.00 bits per heavy atom. The molecule has 7 nitrogen and oxygen atoms in total. The Labute approximate surface area is 167 Å². The van der Waals surface area contributed by atoms with E-state index in [1.807, 2.05) is 36.7 Å². The zero-order valence-corrected chi connectivity index (χ0v) is 16.9. The number of carbonyl (C=O) groups is 1. The minimum absolute atomic E-state index is 0.196. The van der Waals surface area contributed by atoms with Crippen LogP contribution >= 0.6 is 11.3 Å². The summed E-state index contributed by atoms with van der Waals surface area (Å²) >= 11 is 1.35. The molecule has 0 aliphatic carbocycles. The van der Waals surface area contributed by atoms with E-state index >= 15 is 0 Å². The number of ether oxygens (including phenoxy) is 3. The molecule has 0 fully saturated rings. The molecular formula is C20H23N3O4S. The van der Waals surface area contributed by atoms with Gasteiger partial charge in [-0.3, -0.25) is 9.48 Å². The van der Waals surface area contributed by atoms with E-state index in [2.05, 4.69) is 10.4 Å². The van der Waals surface area contributed by atoms with E-state index in [1.165, 1.54) is 11.3 Å². The third-order valence-corrected chi connectivity index (χ3v) is 5.00. The van der Waals surface area contributed by atoms with Gasteiger partial charge in [-0.2, -0.15) is 5.10 Å². The highest BCUT2D eigenvalue weighted by Gasteiger charge is 2.15. The van der Waals surface area contributed by atoms with E-state index in [9.17, 15) is 4.79 Å². The Kier molecular flexibility index (Phi) is 6.54. The van der Waals surface area contributed by atoms with Crippen molar-refractivity contribution in [2.24, 2.45) is 0 Å². The maximum Gasteiger partial charge on any atom is 0.269 e. The van der Waals surface area contributed by atoms with Crippen LogP contribution in [-0.4, -0.2) is 36.5 Å². The van der Waals surface area contributed by atoms with Crippen molar-refractivity contribution in [2.75, 3.05) is 26.1 Å². The van der Waals surface area contributed by atoms with Crippen LogP contribution in [0.5, 0.6) is 17.2 Å². The predicted molar refractivity (Wildman–Crippen MR) is 109 cm³/mol. The number of methoxy groups -OCH3 is 2. The topological polar surface area (TPSA) is 74.6 Å². The second-order valence-corrected chi connectivity index (χ2v) is 6.85. The van der Waals surface area contributed by atoms with Crippen molar-refractivity contribution in [3.63, 3.8) is 0 Å². The molecule has 1 aromatic carbocycles. The van der Waals surface area contributed by atoms with Gasteiger partial charge in [-0.25, -0.2) is 0 Å². The van der Waals surface area contributed by atoms with E-state index in [1.54, 1.807) is 31.2 Å². The second-order valence-electron chi connectivity index (χ2n) is 5.93. The summed E-state index contributed by atoms with van der Waals surface area (Å²) in [5.74, 6) is 1.81. The monoisotopic (exact) mass is 401 g/mol. The van der Waals surface area contributed by atoms with Crippen LogP contribution in [0, 0.1) is 0 Å². The van der Waals surface area contributed by atoms with Crippen molar-refractivity contribution in [1.82, 2.24) is 9.78 Å². The molecule has 0 saturated heterocycles. The van der Waals surface area contributed by atoms with Gasteiger partial charge < -0.3 is 19.5 Å². The largest absolute Gasteiger partial charge is 0.493 e. The molecule has 2 aromatic heterocycles. The number of aryl methyl sites for hydroxylation is 2. The maximum absolute atomic E-state index is 12.4. The molecule has 0 radical (unpaired) electrons. The number of benzene rings is 1. The quantitative estimate of drug-likeness (QED) is 0.589. The minimum Gasteiger partial charge on any atom is -0.493 e. The number of hydrogen-bond acceptors (Lipinski definition) is 6. The van der Waals surface area contributed by atoms with Crippen molar-refractivity contribution in [3.8, 4) is 17.2 Å². The number of rotatable bonds is 9. The highest BCUT2D eigenvalue weighted by Crippen LogP contribution is 2.28. The molecule has 1 N–H and O–H groups in total. The number of hydrogen-bond donors (Lipinski definition) is 1. The Morgan fingerprint density at radius 1 is 1.18 bits per heavy atom. The van der Waals surface area contributed by atoms with E-state index in [0.29, 0.717) is 41.0 Å². The zero-order valence-electron chi connectivity index (χ0n) is 16.1. The van der Waals surface area contributed by atoms with Crippen molar-refractivity contribution in [3.05, 3.63) is 52.5 Å². The summed E-state index contributed by atoms with van der Waals surface area (Å²) in [6.07, 6.45) is 4.22. The predicted octanol–water partition coefficient (Wildman–Crippen LogP) is 3.86. The van der Waals surface area contributed by atoms with Gasteiger partial charge in [0.1, 0.15) is 10.6 Å². The lowest BCUT2D eigenvalue weighted by Gasteiger charge is -2.09. The number of carbonyl (C=O) groups excluding carboxylic acids is 1. The van der Waals surface area contributed by atoms with Gasteiger partial charge in [-0.1, -0.05) is 6.07 Å². The van der Waals surface area contributed by atoms with E-state index < -0.39 is 0 Å². The summed E-state index contributed by atoms with van der Waals surface area (Å²) in [6.45, 7) is 3.08. The number of nitrogens with one attached hydrogen (secondary N) is 1. The number of aromatic nitrogens is 2. The van der Waals surface area contributed by atoms with Crippen LogP contribution in [0.15, 0.2) is 42.0 Å². The third-order valence-electron chi connectivity index (χ3n) is 4.10. The lowest BCUT2D eigenvalue weighted by Crippen LogP contribution is -2.11. The smallest absolute Gasteiger partial charge is 0.269 e. The molecule has 3 rings (SSSR count). The summed E-state index contributed by atoms with van der Waals surface area (Å²) in [5, 5.41) is 9.03. The highest BCUT2D eigenvalue weighted by molar-refractivity contribution is 7.12. The summed E-state index contributed by atoms with van der Waals surface area (Å²) in [4.78, 5) is 13.0. The molecule has 28 heavy (non-hydrogen) atoms. The van der Waals surface area contributed by atoms with Gasteiger partial charge in [0.2, 0.25) is 0 Å². The average molecular weight is 401 g/mol. The molecule has 0 aliphatic heterocycles. The van der Waals surface area contributed by atoms with Crippen LogP contribution < -0.4 is 19.5 Å². The van der Waals surface area contributed by atoms with Crippen LogP contribution in [0.2, 0.25) is 0 Å². The van der Waals surface area contributed by atoms with E-state index in [-0.39, 0.29) is 5.91 Å². The highest BCUT2D eigenvalue weighted by atomic mass is 32.1. The summed E-state index contributed by atoms with van der Waals surface area (Å²) in [5.41, 5.74) is 1.76. The maximum atomic E-state index is 12.4. The normalized spacial score (nSPS) is 10.5. The van der Waals surface area contributed by atoms with Gasteiger partial charge >= 0.3 is 0 Å². The first kappa shape index (κ1) is 19.8. The molecule has 0 aliphatic rings. The standard InChI is InChI=1S/C20H23N3O4S/c1-4-27-17-8-10-28-19(17)20(24)22-15-12-21-23(13-15)9-7-14-5-6-16(25-2)18(11-14)26-3/h5-6,8,10-13H,4,7,9H2,1-3H3,(H,22,24). The van der Waals surface area contributed by atoms with Crippen LogP contribution in [0.25, 0.3) is 0 Å². The summed E-state index contributed by atoms with van der Waals surface area (Å²) < 4.78 is 17.9. The third kappa shape index (κ3) is 4.64. The van der Waals surface area contributed by atoms with Crippen LogP contribution in [0.1, 0.15) is 22.2 Å². The van der Waals surface area contributed by atoms with Gasteiger partial charge in [-0.15, -0.1) is 11.3 Å². The first-order valence-corrected chi connectivity index (χ1v) is 9.77. The molecule has 0 spiro atoms. The number of amides is 1. The molecule has 1 amide bonds. The van der Waals surface area contributed by atoms with Crippen LogP contribution in [-0.2, 0) is 13.0 Å². The van der Waals surface area contributed by atoms with Gasteiger partial charge in [-0.05, 0) is 42.5 Å². The molecule has 148 valence electrons. The molecule has 0 saturated carbocycles. The van der Waals surface area contributed by atoms with E-state index in [0.717, 1.165) is 12.0 Å². The van der Waals surface area contributed by atoms with Crippen molar-refractivity contribution < 1.29 is 19.0 Å². The lowest BCUT2D eigenvalue weighted by molar-refractivity contribution is 0.102. The first-order valence-electron chi connectivity index (χ1n) is 8.89. The Hall–Kier alpha value is -3.00. The molecule has 3 aromatic rings. The Balaban J connectivity index is 1.60. The van der Waals surface area contributed by atoms with Gasteiger partial charge in [0.15, 0.2) is 11.5 Å². The fourth-order valence-electron chi connectivity index (χ4n) is 2.75. The zero-order chi connectivity index (χ0) is 19.9. The summed E-state index contributed by atoms with van der Waals surface area (Å²) in [6, 6.07) is 7.65. The fraction of sp³-hybridized carbons (Fsp3) is 0.300. The SMILES string of the molecule is CCOc1ccsc1C(=O)Nc1cnn(CCc2ccc(OC)c(OC)c2)c1. The Bertz CT molecular complexity index is 935. The number of thiophene rings is 1. The first-order chi connectivity index (χ1) is 13.6. The summed E-state index contributed by atoms with van der Waals surface area (Å²) in [7, 11) is 3.24. The van der Waals surface area contributed by atoms with Crippen LogP contribution in [0.3, 0.4) is 0 Å². The number of nitrogens with zero attached hydrogens (tertiary/aromatic N) is 2. The molecule has 0 atom stereocenters. The van der Waals surface area contributed by atoms with Crippen LogP contribution in [0.4, 0.5) is 5.69 Å². The molecule has 0 unspecified atom stereocenters. The molecule has 8 heteroatoms. The average Bonchev–Trinajstić information content (AvgIpc) is 3.35. The van der Waals surface area contributed by atoms with Crippen molar-refractivity contribution in [1.29, 1.82) is 0 Å².